The molecule has 12 heteroatoms. The van der Waals surface area contributed by atoms with Gasteiger partial charge in [-0.3, -0.25) is 14.3 Å². The molecule has 2 aromatic heterocycles. The molecule has 0 spiro atoms. The van der Waals surface area contributed by atoms with E-state index < -0.39 is 54.8 Å². The molecule has 0 aromatic carbocycles. The second-order valence-electron chi connectivity index (χ2n) is 6.08. The van der Waals surface area contributed by atoms with Crippen molar-refractivity contribution >= 4 is 23.3 Å². The van der Waals surface area contributed by atoms with Gasteiger partial charge in [0.1, 0.15) is 38.3 Å². The van der Waals surface area contributed by atoms with Crippen molar-refractivity contribution in [3.63, 3.8) is 0 Å². The Morgan fingerprint density at radius 3 is 2.69 bits per heavy atom. The summed E-state index contributed by atoms with van der Waals surface area (Å²) in [6.07, 6.45) is -1.41. The van der Waals surface area contributed by atoms with Gasteiger partial charge in [0.2, 0.25) is 0 Å². The molecule has 3 heterocycles. The smallest absolute Gasteiger partial charge is 0.332 e. The number of thiophene rings is 1. The molecule has 1 fully saturated rings. The molecule has 0 bridgehead atoms. The summed E-state index contributed by atoms with van der Waals surface area (Å²) < 4.78 is 16.8. The lowest BCUT2D eigenvalue weighted by molar-refractivity contribution is -0.161. The Hall–Kier alpha value is -2.80. The van der Waals surface area contributed by atoms with E-state index in [1.807, 2.05) is 0 Å². The zero-order chi connectivity index (χ0) is 21.0. The third kappa shape index (κ3) is 4.79. The second kappa shape index (κ2) is 9.13. The third-order valence-electron chi connectivity index (χ3n) is 4.19. The minimum absolute atomic E-state index is 0.0168. The van der Waals surface area contributed by atoms with Crippen LogP contribution >= 0.6 is 11.3 Å². The van der Waals surface area contributed by atoms with Crippen LogP contribution in [0.5, 0.6) is 0 Å². The van der Waals surface area contributed by atoms with Gasteiger partial charge in [0.05, 0.1) is 5.56 Å². The highest BCUT2D eigenvalue weighted by atomic mass is 32.1. The molecule has 3 rings (SSSR count). The summed E-state index contributed by atoms with van der Waals surface area (Å²) in [7, 11) is 0. The molecule has 0 amide bonds. The summed E-state index contributed by atoms with van der Waals surface area (Å²) in [5.41, 5.74) is -1.01. The Morgan fingerprint density at radius 2 is 2.03 bits per heavy atom. The number of aliphatic hydroxyl groups excluding tert-OH is 2. The van der Waals surface area contributed by atoms with Gasteiger partial charge >= 0.3 is 17.6 Å². The predicted molar refractivity (Wildman–Crippen MR) is 98.2 cm³/mol. The highest BCUT2D eigenvalue weighted by Gasteiger charge is 2.40. The molecule has 2 aromatic rings. The number of aromatic amines is 1. The van der Waals surface area contributed by atoms with Crippen molar-refractivity contribution in [3.05, 3.63) is 44.5 Å². The van der Waals surface area contributed by atoms with Crippen molar-refractivity contribution in [2.24, 2.45) is 0 Å². The van der Waals surface area contributed by atoms with Gasteiger partial charge < -0.3 is 24.4 Å². The quantitative estimate of drug-likeness (QED) is 0.472. The molecule has 1 saturated heterocycles. The zero-order valence-corrected chi connectivity index (χ0v) is 15.8. The van der Waals surface area contributed by atoms with Crippen LogP contribution in [0.1, 0.15) is 12.6 Å². The van der Waals surface area contributed by atoms with Crippen molar-refractivity contribution in [1.82, 2.24) is 9.55 Å². The van der Waals surface area contributed by atoms with Crippen LogP contribution in [0.4, 0.5) is 0 Å². The van der Waals surface area contributed by atoms with Crippen LogP contribution in [0.2, 0.25) is 0 Å². The molecule has 156 valence electrons. The number of hydrogen-bond acceptors (Lipinski definition) is 10. The molecule has 29 heavy (non-hydrogen) atoms. The Kier molecular flexibility index (Phi) is 6.59. The van der Waals surface area contributed by atoms with E-state index in [0.29, 0.717) is 4.88 Å². The monoisotopic (exact) mass is 426 g/mol. The van der Waals surface area contributed by atoms with Crippen LogP contribution in [-0.4, -0.2) is 63.7 Å². The molecule has 0 unspecified atom stereocenters. The molecular weight excluding hydrogens is 408 g/mol. The largest absolute Gasteiger partial charge is 0.461 e. The zero-order valence-electron chi connectivity index (χ0n) is 15.0. The molecule has 0 saturated carbocycles. The van der Waals surface area contributed by atoms with Crippen LogP contribution in [0.3, 0.4) is 0 Å². The number of hydrogen-bond donors (Lipinski definition) is 3. The molecular formula is C17H18N2O9S. The van der Waals surface area contributed by atoms with Gasteiger partial charge in [0.15, 0.2) is 0 Å². The summed E-state index contributed by atoms with van der Waals surface area (Å²) in [6.45, 7) is -2.03. The number of aromatic nitrogens is 2. The first-order valence-corrected chi connectivity index (χ1v) is 9.42. The Labute approximate surface area is 167 Å². The van der Waals surface area contributed by atoms with Crippen molar-refractivity contribution in [2.45, 2.75) is 24.9 Å². The lowest BCUT2D eigenvalue weighted by Crippen LogP contribution is -2.33. The second-order valence-corrected chi connectivity index (χ2v) is 7.03. The van der Waals surface area contributed by atoms with Crippen LogP contribution < -0.4 is 11.2 Å². The minimum atomic E-state index is -0.935. The van der Waals surface area contributed by atoms with Crippen LogP contribution in [0, 0.1) is 0 Å². The fourth-order valence-corrected chi connectivity index (χ4v) is 3.61. The minimum Gasteiger partial charge on any atom is -0.461 e. The third-order valence-corrected chi connectivity index (χ3v) is 5.10. The first kappa shape index (κ1) is 20.9. The topological polar surface area (TPSA) is 157 Å². The molecule has 0 radical (unpaired) electrons. The van der Waals surface area contributed by atoms with Gasteiger partial charge in [-0.1, -0.05) is 6.07 Å². The Morgan fingerprint density at radius 1 is 1.28 bits per heavy atom. The Balaban J connectivity index is 1.87. The van der Waals surface area contributed by atoms with Crippen molar-refractivity contribution < 1.29 is 34.0 Å². The SMILES string of the molecule is O=C(CO)OC[C@H]1O[C@@H](n2cc(-c3cccs3)c(=O)[nH]c2=O)C[C@@H]1OC(=O)CO. The van der Waals surface area contributed by atoms with E-state index in [2.05, 4.69) is 4.98 Å². The number of esters is 2. The van der Waals surface area contributed by atoms with Gasteiger partial charge in [-0.25, -0.2) is 14.4 Å². The fourth-order valence-electron chi connectivity index (χ4n) is 2.88. The average molecular weight is 426 g/mol. The maximum atomic E-state index is 12.3. The first-order chi connectivity index (χ1) is 13.9. The fraction of sp³-hybridized carbons (Fsp3) is 0.412. The van der Waals surface area contributed by atoms with Crippen LogP contribution in [0.15, 0.2) is 33.3 Å². The molecule has 1 aliphatic heterocycles. The van der Waals surface area contributed by atoms with Gasteiger partial charge in [0.25, 0.3) is 5.56 Å². The van der Waals surface area contributed by atoms with E-state index in [0.717, 1.165) is 4.57 Å². The number of aliphatic hydroxyl groups is 2. The van der Waals surface area contributed by atoms with Crippen LogP contribution in [0.25, 0.3) is 10.4 Å². The lowest BCUT2D eigenvalue weighted by atomic mass is 10.2. The number of carbonyl (C=O) groups excluding carboxylic acids is 2. The number of nitrogens with zero attached hydrogens (tertiary/aromatic N) is 1. The summed E-state index contributed by atoms with van der Waals surface area (Å²) >= 11 is 1.32. The number of H-pyrrole nitrogens is 1. The summed E-state index contributed by atoms with van der Waals surface area (Å²) in [4.78, 5) is 50.0. The van der Waals surface area contributed by atoms with Gasteiger partial charge in [-0.2, -0.15) is 0 Å². The van der Waals surface area contributed by atoms with E-state index in [1.165, 1.54) is 17.5 Å². The first-order valence-electron chi connectivity index (χ1n) is 8.54. The van der Waals surface area contributed by atoms with Crippen molar-refractivity contribution in [1.29, 1.82) is 0 Å². The van der Waals surface area contributed by atoms with E-state index in [1.54, 1.807) is 17.5 Å². The maximum absolute atomic E-state index is 12.3. The maximum Gasteiger partial charge on any atom is 0.332 e. The summed E-state index contributed by atoms with van der Waals surface area (Å²) in [5.74, 6) is -1.81. The number of carbonyl (C=O) groups is 2. The van der Waals surface area contributed by atoms with E-state index >= 15 is 0 Å². The predicted octanol–water partition coefficient (Wildman–Crippen LogP) is -1.01. The highest BCUT2D eigenvalue weighted by Crippen LogP contribution is 2.31. The van der Waals surface area contributed by atoms with Gasteiger partial charge in [-0.05, 0) is 11.4 Å². The van der Waals surface area contributed by atoms with Gasteiger partial charge in [-0.15, -0.1) is 11.3 Å². The summed E-state index contributed by atoms with van der Waals surface area (Å²) in [5, 5.41) is 19.5. The van der Waals surface area contributed by atoms with Crippen molar-refractivity contribution in [2.75, 3.05) is 19.8 Å². The number of nitrogens with one attached hydrogen (secondary N) is 1. The Bertz CT molecular complexity index is 982. The average Bonchev–Trinajstić information content (AvgIpc) is 3.36. The standard InChI is InChI=1S/C17H18N2O9S/c20-6-14(22)26-8-11-10(28-15(23)7-21)4-13(27-11)19-5-9(12-2-1-3-29-12)16(24)18-17(19)25/h1-3,5,10-11,13,20-21H,4,6-8H2,(H,18,24,25)/t10-,11+,13+/m0/s1. The highest BCUT2D eigenvalue weighted by molar-refractivity contribution is 7.13. The number of rotatable bonds is 7. The number of ether oxygens (including phenoxy) is 3. The molecule has 1 aliphatic rings. The van der Waals surface area contributed by atoms with E-state index in [9.17, 15) is 19.2 Å². The normalized spacial score (nSPS) is 21.1. The summed E-state index contributed by atoms with van der Waals surface area (Å²) in [6, 6.07) is 3.49. The molecule has 0 aliphatic carbocycles. The van der Waals surface area contributed by atoms with E-state index in [-0.39, 0.29) is 18.6 Å². The molecule has 3 N–H and O–H groups in total. The molecule has 11 nitrogen and oxygen atoms in total. The molecule has 3 atom stereocenters. The van der Waals surface area contributed by atoms with Crippen LogP contribution in [-0.2, 0) is 23.8 Å². The van der Waals surface area contributed by atoms with Crippen molar-refractivity contribution in [3.8, 4) is 10.4 Å². The van der Waals surface area contributed by atoms with E-state index in [4.69, 9.17) is 24.4 Å². The van der Waals surface area contributed by atoms with Gasteiger partial charge in [0, 0.05) is 17.5 Å². The lowest BCUT2D eigenvalue weighted by Gasteiger charge is -2.18.